The molecular formula is C20H22N2O5S. The van der Waals surface area contributed by atoms with Crippen molar-refractivity contribution in [2.75, 3.05) is 18.2 Å². The van der Waals surface area contributed by atoms with E-state index in [4.69, 9.17) is 9.47 Å². The molecule has 3 rings (SSSR count). The van der Waals surface area contributed by atoms with Gasteiger partial charge in [-0.2, -0.15) is 0 Å². The maximum absolute atomic E-state index is 13.0. The molecule has 0 unspecified atom stereocenters. The molecule has 0 bridgehead atoms. The van der Waals surface area contributed by atoms with Crippen molar-refractivity contribution in [1.82, 2.24) is 4.57 Å². The van der Waals surface area contributed by atoms with Crippen LogP contribution in [-0.4, -0.2) is 35.1 Å². The summed E-state index contributed by atoms with van der Waals surface area (Å²) in [5, 5.41) is 3.20. The Bertz CT molecular complexity index is 963. The van der Waals surface area contributed by atoms with Gasteiger partial charge >= 0.3 is 12.1 Å². The summed E-state index contributed by atoms with van der Waals surface area (Å²) in [6, 6.07) is 10.4. The number of carbonyl (C=O) groups is 2. The number of rotatable bonds is 3. The van der Waals surface area contributed by atoms with E-state index in [1.165, 1.54) is 23.4 Å². The van der Waals surface area contributed by atoms with Crippen molar-refractivity contribution in [2.24, 2.45) is 0 Å². The molecular weight excluding hydrogens is 380 g/mol. The van der Waals surface area contributed by atoms with Crippen molar-refractivity contribution in [3.05, 3.63) is 46.8 Å². The molecule has 1 N–H and O–H groups in total. The lowest BCUT2D eigenvalue weighted by molar-refractivity contribution is -0.143. The minimum absolute atomic E-state index is 0.0493. The van der Waals surface area contributed by atoms with Gasteiger partial charge in [-0.15, -0.1) is 11.8 Å². The lowest BCUT2D eigenvalue weighted by atomic mass is 10.1. The number of amides is 1. The monoisotopic (exact) mass is 402 g/mol. The minimum atomic E-state index is -0.750. The Labute approximate surface area is 167 Å². The number of methoxy groups -OCH3 is 1. The molecule has 2 aromatic rings. The second-order valence-corrected chi connectivity index (χ2v) is 8.30. The van der Waals surface area contributed by atoms with Gasteiger partial charge in [-0.05, 0) is 32.4 Å². The van der Waals surface area contributed by atoms with Crippen LogP contribution in [0.4, 0.5) is 10.5 Å². The predicted octanol–water partition coefficient (Wildman–Crippen LogP) is 3.68. The Morgan fingerprint density at radius 1 is 1.21 bits per heavy atom. The molecule has 0 spiro atoms. The first kappa shape index (κ1) is 20.0. The zero-order valence-corrected chi connectivity index (χ0v) is 17.0. The summed E-state index contributed by atoms with van der Waals surface area (Å²) in [5.41, 5.74) is 0.497. The number of nitrogens with one attached hydrogen (secondary N) is 1. The zero-order chi connectivity index (χ0) is 20.5. The number of thioether (sulfide) groups is 1. The number of hydrogen-bond donors (Lipinski definition) is 1. The van der Waals surface area contributed by atoms with E-state index in [0.717, 1.165) is 11.1 Å². The van der Waals surface area contributed by atoms with E-state index in [-0.39, 0.29) is 5.69 Å². The molecule has 1 aliphatic rings. The van der Waals surface area contributed by atoms with E-state index in [9.17, 15) is 14.4 Å². The molecule has 1 amide bonds. The fourth-order valence-electron chi connectivity index (χ4n) is 2.92. The van der Waals surface area contributed by atoms with Gasteiger partial charge in [0.25, 0.3) is 5.56 Å². The molecule has 1 atom stereocenters. The quantitative estimate of drug-likeness (QED) is 0.788. The fraction of sp³-hybridized carbons (Fsp3) is 0.350. The molecule has 0 radical (unpaired) electrons. The van der Waals surface area contributed by atoms with Crippen LogP contribution in [0.2, 0.25) is 0 Å². The number of fused-ring (bicyclic) bond motifs is 1. The highest BCUT2D eigenvalue weighted by molar-refractivity contribution is 7.99. The lowest BCUT2D eigenvalue weighted by Crippen LogP contribution is -2.34. The van der Waals surface area contributed by atoms with Crippen molar-refractivity contribution in [3.63, 3.8) is 0 Å². The molecule has 1 aromatic heterocycles. The smallest absolute Gasteiger partial charge is 0.412 e. The van der Waals surface area contributed by atoms with Crippen molar-refractivity contribution in [2.45, 2.75) is 37.4 Å². The van der Waals surface area contributed by atoms with Gasteiger partial charge < -0.3 is 9.47 Å². The molecule has 0 fully saturated rings. The first-order chi connectivity index (χ1) is 13.2. The molecule has 1 aliphatic heterocycles. The normalized spacial score (nSPS) is 15.6. The molecule has 8 heteroatoms. The van der Waals surface area contributed by atoms with Crippen LogP contribution < -0.4 is 10.9 Å². The molecule has 0 saturated carbocycles. The minimum Gasteiger partial charge on any atom is -0.467 e. The third-order valence-electron chi connectivity index (χ3n) is 4.07. The summed E-state index contributed by atoms with van der Waals surface area (Å²) >= 11 is 1.41. The predicted molar refractivity (Wildman–Crippen MR) is 108 cm³/mol. The van der Waals surface area contributed by atoms with E-state index in [0.29, 0.717) is 10.8 Å². The van der Waals surface area contributed by atoms with E-state index < -0.39 is 29.3 Å². The maximum atomic E-state index is 13.0. The number of anilines is 1. The number of hydrogen-bond acceptors (Lipinski definition) is 6. The summed E-state index contributed by atoms with van der Waals surface area (Å²) < 4.78 is 11.5. The molecule has 148 valence electrons. The molecule has 2 heterocycles. The van der Waals surface area contributed by atoms with Crippen LogP contribution in [0.5, 0.6) is 0 Å². The lowest BCUT2D eigenvalue weighted by Gasteiger charge is -2.20. The standard InChI is InChI=1S/C20H22N2O5S/c1-20(2,3)27-19(25)21-14-10-13(12-8-6-5-7-9-12)17-22(16(14)23)15(11-28-17)18(24)26-4/h5-10,15H,11H2,1-4H3,(H,21,25)/t15-/m0/s1. The van der Waals surface area contributed by atoms with Crippen molar-refractivity contribution >= 4 is 29.5 Å². The SMILES string of the molecule is COC(=O)[C@@H]1CSc2c(-c3ccccc3)cc(NC(=O)OC(C)(C)C)c(=O)n21. The number of aromatic nitrogens is 1. The molecule has 7 nitrogen and oxygen atoms in total. The highest BCUT2D eigenvalue weighted by atomic mass is 32.2. The van der Waals surface area contributed by atoms with Crippen molar-refractivity contribution < 1.29 is 19.1 Å². The summed E-state index contributed by atoms with van der Waals surface area (Å²) in [5.74, 6) is -0.112. The summed E-state index contributed by atoms with van der Waals surface area (Å²) in [7, 11) is 1.29. The van der Waals surface area contributed by atoms with Gasteiger partial charge in [0.15, 0.2) is 0 Å². The third kappa shape index (κ3) is 4.06. The van der Waals surface area contributed by atoms with Crippen molar-refractivity contribution in [1.29, 1.82) is 0 Å². The number of esters is 1. The number of carbonyl (C=O) groups excluding carboxylic acids is 2. The van der Waals surface area contributed by atoms with Crippen LogP contribution in [0, 0.1) is 0 Å². The number of nitrogens with zero attached hydrogens (tertiary/aromatic N) is 1. The van der Waals surface area contributed by atoms with Gasteiger partial charge in [0.05, 0.1) is 12.1 Å². The van der Waals surface area contributed by atoms with Crippen LogP contribution >= 0.6 is 11.8 Å². The van der Waals surface area contributed by atoms with Crippen LogP contribution in [-0.2, 0) is 14.3 Å². The largest absolute Gasteiger partial charge is 0.467 e. The van der Waals surface area contributed by atoms with E-state index in [1.807, 2.05) is 30.3 Å². The van der Waals surface area contributed by atoms with Gasteiger partial charge in [0.1, 0.15) is 17.3 Å². The Hall–Kier alpha value is -2.74. The molecule has 28 heavy (non-hydrogen) atoms. The van der Waals surface area contributed by atoms with Crippen LogP contribution in [0.15, 0.2) is 46.2 Å². The Morgan fingerprint density at radius 2 is 1.89 bits per heavy atom. The van der Waals surface area contributed by atoms with Crippen LogP contribution in [0.25, 0.3) is 11.1 Å². The van der Waals surface area contributed by atoms with E-state index in [2.05, 4.69) is 5.32 Å². The van der Waals surface area contributed by atoms with Gasteiger partial charge in [-0.3, -0.25) is 14.7 Å². The van der Waals surface area contributed by atoms with Gasteiger partial charge in [0, 0.05) is 11.3 Å². The van der Waals surface area contributed by atoms with Crippen LogP contribution in [0.1, 0.15) is 26.8 Å². The molecule has 0 saturated heterocycles. The Morgan fingerprint density at radius 3 is 2.50 bits per heavy atom. The van der Waals surface area contributed by atoms with Gasteiger partial charge in [-0.25, -0.2) is 9.59 Å². The maximum Gasteiger partial charge on any atom is 0.412 e. The summed E-state index contributed by atoms with van der Waals surface area (Å²) in [4.78, 5) is 37.5. The van der Waals surface area contributed by atoms with Crippen LogP contribution in [0.3, 0.4) is 0 Å². The second-order valence-electron chi connectivity index (χ2n) is 7.29. The molecule has 0 aliphatic carbocycles. The summed E-state index contributed by atoms with van der Waals surface area (Å²) in [6.07, 6.45) is -0.732. The summed E-state index contributed by atoms with van der Waals surface area (Å²) in [6.45, 7) is 5.21. The average molecular weight is 402 g/mol. The Balaban J connectivity index is 2.12. The van der Waals surface area contributed by atoms with Crippen molar-refractivity contribution in [3.8, 4) is 11.1 Å². The fourth-order valence-corrected chi connectivity index (χ4v) is 4.20. The topological polar surface area (TPSA) is 86.6 Å². The average Bonchev–Trinajstić information content (AvgIpc) is 3.08. The highest BCUT2D eigenvalue weighted by Crippen LogP contribution is 2.40. The first-order valence-corrected chi connectivity index (χ1v) is 9.75. The van der Waals surface area contributed by atoms with E-state index in [1.54, 1.807) is 26.8 Å². The Kier molecular flexibility index (Phi) is 5.51. The third-order valence-corrected chi connectivity index (χ3v) is 5.24. The number of ether oxygens (including phenoxy) is 2. The molecule has 1 aromatic carbocycles. The zero-order valence-electron chi connectivity index (χ0n) is 16.1. The second kappa shape index (κ2) is 7.71. The van der Waals surface area contributed by atoms with Gasteiger partial charge in [-0.1, -0.05) is 30.3 Å². The first-order valence-electron chi connectivity index (χ1n) is 8.77. The number of benzene rings is 1. The van der Waals surface area contributed by atoms with Gasteiger partial charge in [0.2, 0.25) is 0 Å². The van der Waals surface area contributed by atoms with E-state index >= 15 is 0 Å². The highest BCUT2D eigenvalue weighted by Gasteiger charge is 2.34. The number of pyridine rings is 1.